The van der Waals surface area contributed by atoms with Crippen LogP contribution in [-0.4, -0.2) is 24.6 Å². The molecule has 0 unspecified atom stereocenters. The standard InChI is InChI=1S/C20H19NO2/c1-2-3-13-23-17-9-10-18-16(14-17)11-12-21-19(18)20(22)15-7-5-4-6-8-15/h2-10,14H,11-13H2,1H3/b3-2+. The van der Waals surface area contributed by atoms with Gasteiger partial charge in [-0.3, -0.25) is 9.79 Å². The number of hydrogen-bond acceptors (Lipinski definition) is 3. The molecule has 0 fully saturated rings. The van der Waals surface area contributed by atoms with E-state index in [-0.39, 0.29) is 5.78 Å². The number of aliphatic imine (C=N–C) groups is 1. The molecule has 3 nitrogen and oxygen atoms in total. The van der Waals surface area contributed by atoms with Crippen molar-refractivity contribution < 1.29 is 9.53 Å². The lowest BCUT2D eigenvalue weighted by Crippen LogP contribution is -2.22. The van der Waals surface area contributed by atoms with Crippen LogP contribution < -0.4 is 4.74 Å². The summed E-state index contributed by atoms with van der Waals surface area (Å²) in [5.41, 5.74) is 3.27. The summed E-state index contributed by atoms with van der Waals surface area (Å²) in [5.74, 6) is 0.810. The van der Waals surface area contributed by atoms with Crippen LogP contribution in [0.25, 0.3) is 0 Å². The Bertz CT molecular complexity index is 760. The number of carbonyl (C=O) groups is 1. The normalized spacial score (nSPS) is 13.5. The largest absolute Gasteiger partial charge is 0.490 e. The molecule has 0 spiro atoms. The third-order valence-electron chi connectivity index (χ3n) is 3.82. The molecule has 0 aromatic heterocycles. The molecule has 0 atom stereocenters. The first-order valence-electron chi connectivity index (χ1n) is 7.81. The number of fused-ring (bicyclic) bond motifs is 1. The SMILES string of the molecule is C/C=C/COc1ccc2c(c1)CCN=C2C(=O)c1ccccc1. The minimum atomic E-state index is -0.0193. The van der Waals surface area contributed by atoms with E-state index < -0.39 is 0 Å². The van der Waals surface area contributed by atoms with Gasteiger partial charge in [-0.15, -0.1) is 0 Å². The molecule has 0 amide bonds. The van der Waals surface area contributed by atoms with Crippen LogP contribution in [0.2, 0.25) is 0 Å². The zero-order valence-corrected chi connectivity index (χ0v) is 13.2. The van der Waals surface area contributed by atoms with E-state index in [1.54, 1.807) is 0 Å². The fourth-order valence-corrected chi connectivity index (χ4v) is 2.63. The Hall–Kier alpha value is -2.68. The fourth-order valence-electron chi connectivity index (χ4n) is 2.63. The van der Waals surface area contributed by atoms with Gasteiger partial charge in [-0.2, -0.15) is 0 Å². The molecule has 0 N–H and O–H groups in total. The smallest absolute Gasteiger partial charge is 0.211 e. The van der Waals surface area contributed by atoms with Crippen LogP contribution in [0.5, 0.6) is 5.75 Å². The molecule has 0 bridgehead atoms. The molecule has 0 aliphatic carbocycles. The van der Waals surface area contributed by atoms with Gasteiger partial charge < -0.3 is 4.74 Å². The molecular formula is C20H19NO2. The Morgan fingerprint density at radius 1 is 1.22 bits per heavy atom. The minimum Gasteiger partial charge on any atom is -0.490 e. The Morgan fingerprint density at radius 2 is 2.04 bits per heavy atom. The van der Waals surface area contributed by atoms with Crippen molar-refractivity contribution in [1.82, 2.24) is 0 Å². The van der Waals surface area contributed by atoms with Gasteiger partial charge in [0.15, 0.2) is 0 Å². The maximum atomic E-state index is 12.7. The molecule has 3 heteroatoms. The molecule has 0 radical (unpaired) electrons. The maximum Gasteiger partial charge on any atom is 0.211 e. The molecule has 2 aromatic carbocycles. The molecule has 116 valence electrons. The van der Waals surface area contributed by atoms with Gasteiger partial charge in [0.25, 0.3) is 0 Å². The van der Waals surface area contributed by atoms with Crippen LogP contribution in [0.15, 0.2) is 65.7 Å². The number of benzene rings is 2. The maximum absolute atomic E-state index is 12.7. The molecule has 2 aromatic rings. The highest BCUT2D eigenvalue weighted by molar-refractivity contribution is 6.51. The molecule has 1 heterocycles. The zero-order valence-electron chi connectivity index (χ0n) is 13.2. The van der Waals surface area contributed by atoms with E-state index in [0.29, 0.717) is 24.4 Å². The lowest BCUT2D eigenvalue weighted by Gasteiger charge is -2.17. The summed E-state index contributed by atoms with van der Waals surface area (Å²) in [4.78, 5) is 17.2. The Morgan fingerprint density at radius 3 is 2.83 bits per heavy atom. The zero-order chi connectivity index (χ0) is 16.1. The second-order valence-corrected chi connectivity index (χ2v) is 5.37. The van der Waals surface area contributed by atoms with E-state index in [2.05, 4.69) is 4.99 Å². The Labute approximate surface area is 136 Å². The van der Waals surface area contributed by atoms with Gasteiger partial charge >= 0.3 is 0 Å². The van der Waals surface area contributed by atoms with Crippen molar-refractivity contribution in [1.29, 1.82) is 0 Å². The van der Waals surface area contributed by atoms with E-state index in [1.807, 2.05) is 67.6 Å². The van der Waals surface area contributed by atoms with Gasteiger partial charge in [0.1, 0.15) is 18.1 Å². The Balaban J connectivity index is 1.87. The summed E-state index contributed by atoms with van der Waals surface area (Å²) in [6, 6.07) is 15.2. The molecule has 0 saturated carbocycles. The second-order valence-electron chi connectivity index (χ2n) is 5.37. The highest BCUT2D eigenvalue weighted by Gasteiger charge is 2.22. The van der Waals surface area contributed by atoms with Crippen LogP contribution in [0, 0.1) is 0 Å². The van der Waals surface area contributed by atoms with Crippen molar-refractivity contribution in [2.75, 3.05) is 13.2 Å². The predicted molar refractivity (Wildman–Crippen MR) is 92.6 cm³/mol. The van der Waals surface area contributed by atoms with E-state index in [9.17, 15) is 4.79 Å². The highest BCUT2D eigenvalue weighted by Crippen LogP contribution is 2.23. The first kappa shape index (κ1) is 15.2. The summed E-state index contributed by atoms with van der Waals surface area (Å²) in [6.45, 7) is 3.16. The van der Waals surface area contributed by atoms with Gasteiger partial charge in [0.2, 0.25) is 5.78 Å². The van der Waals surface area contributed by atoms with Crippen molar-refractivity contribution in [3.05, 3.63) is 77.4 Å². The van der Waals surface area contributed by atoms with Crippen LogP contribution in [0.4, 0.5) is 0 Å². The van der Waals surface area contributed by atoms with Gasteiger partial charge in [-0.25, -0.2) is 0 Å². The third-order valence-corrected chi connectivity index (χ3v) is 3.82. The van der Waals surface area contributed by atoms with Crippen LogP contribution in [0.3, 0.4) is 0 Å². The molecule has 23 heavy (non-hydrogen) atoms. The number of Topliss-reactive ketones (excluding diaryl/α,β-unsaturated/α-hetero) is 1. The quantitative estimate of drug-likeness (QED) is 0.621. The summed E-state index contributed by atoms with van der Waals surface area (Å²) in [7, 11) is 0. The summed E-state index contributed by atoms with van der Waals surface area (Å²) in [6.07, 6.45) is 4.76. The van der Waals surface area contributed by atoms with Crippen LogP contribution >= 0.6 is 0 Å². The molecule has 1 aliphatic heterocycles. The van der Waals surface area contributed by atoms with Gasteiger partial charge in [-0.05, 0) is 37.1 Å². The second kappa shape index (κ2) is 7.05. The topological polar surface area (TPSA) is 38.7 Å². The highest BCUT2D eigenvalue weighted by atomic mass is 16.5. The number of nitrogens with zero attached hydrogens (tertiary/aromatic N) is 1. The van der Waals surface area contributed by atoms with E-state index in [4.69, 9.17) is 4.74 Å². The molecule has 0 saturated heterocycles. The summed E-state index contributed by atoms with van der Waals surface area (Å²) >= 11 is 0. The van der Waals surface area contributed by atoms with Crippen molar-refractivity contribution in [2.45, 2.75) is 13.3 Å². The Kier molecular flexibility index (Phi) is 4.67. The van der Waals surface area contributed by atoms with Crippen molar-refractivity contribution in [3.8, 4) is 5.75 Å². The lowest BCUT2D eigenvalue weighted by atomic mass is 9.92. The fraction of sp³-hybridized carbons (Fsp3) is 0.200. The first-order chi connectivity index (χ1) is 11.3. The summed E-state index contributed by atoms with van der Waals surface area (Å²) in [5, 5.41) is 0. The molecular weight excluding hydrogens is 286 g/mol. The number of ether oxygens (including phenoxy) is 1. The average molecular weight is 305 g/mol. The monoisotopic (exact) mass is 305 g/mol. The first-order valence-corrected chi connectivity index (χ1v) is 7.81. The number of allylic oxidation sites excluding steroid dienone is 1. The van der Waals surface area contributed by atoms with Crippen LogP contribution in [-0.2, 0) is 6.42 Å². The van der Waals surface area contributed by atoms with Gasteiger partial charge in [0.05, 0.1) is 0 Å². The van der Waals surface area contributed by atoms with Crippen molar-refractivity contribution in [2.24, 2.45) is 4.99 Å². The van der Waals surface area contributed by atoms with Gasteiger partial charge in [-0.1, -0.05) is 42.5 Å². The average Bonchev–Trinajstić information content (AvgIpc) is 2.61. The molecule has 1 aliphatic rings. The number of hydrogen-bond donors (Lipinski definition) is 0. The summed E-state index contributed by atoms with van der Waals surface area (Å²) < 4.78 is 5.68. The number of carbonyl (C=O) groups excluding carboxylic acids is 1. The number of rotatable bonds is 5. The van der Waals surface area contributed by atoms with Gasteiger partial charge in [0, 0.05) is 17.7 Å². The minimum absolute atomic E-state index is 0.0193. The van der Waals surface area contributed by atoms with E-state index in [0.717, 1.165) is 23.3 Å². The van der Waals surface area contributed by atoms with E-state index in [1.165, 1.54) is 0 Å². The third kappa shape index (κ3) is 3.39. The van der Waals surface area contributed by atoms with Crippen molar-refractivity contribution in [3.63, 3.8) is 0 Å². The van der Waals surface area contributed by atoms with E-state index >= 15 is 0 Å². The van der Waals surface area contributed by atoms with Crippen molar-refractivity contribution >= 4 is 11.5 Å². The molecule has 3 rings (SSSR count). The lowest BCUT2D eigenvalue weighted by molar-refractivity contribution is 0.106. The number of ketones is 1. The van der Waals surface area contributed by atoms with Crippen LogP contribution in [0.1, 0.15) is 28.4 Å². The predicted octanol–water partition coefficient (Wildman–Crippen LogP) is 3.87.